The number of fused-ring (bicyclic) bond motifs is 1. The smallest absolute Gasteiger partial charge is 0.271 e. The summed E-state index contributed by atoms with van der Waals surface area (Å²) in [5.74, 6) is 0.954. The maximum absolute atomic E-state index is 12.0. The average molecular weight is 288 g/mol. The number of rotatable bonds is 3. The van der Waals surface area contributed by atoms with E-state index >= 15 is 0 Å². The summed E-state index contributed by atoms with van der Waals surface area (Å²) in [6.45, 7) is 2.04. The van der Waals surface area contributed by atoms with Crippen LogP contribution in [0.1, 0.15) is 22.2 Å². The zero-order chi connectivity index (χ0) is 13.9. The van der Waals surface area contributed by atoms with Crippen LogP contribution in [0.15, 0.2) is 40.8 Å². The van der Waals surface area contributed by atoms with Crippen LogP contribution in [-0.2, 0) is 0 Å². The second kappa shape index (κ2) is 5.34. The Balaban J connectivity index is 1.72. The quantitative estimate of drug-likeness (QED) is 0.697. The fourth-order valence-corrected chi connectivity index (χ4v) is 2.45. The van der Waals surface area contributed by atoms with E-state index in [0.29, 0.717) is 17.1 Å². The zero-order valence-corrected chi connectivity index (χ0v) is 11.6. The van der Waals surface area contributed by atoms with E-state index in [1.165, 1.54) is 0 Å². The minimum atomic E-state index is -0.279. The van der Waals surface area contributed by atoms with Gasteiger partial charge in [-0.2, -0.15) is 5.10 Å². The van der Waals surface area contributed by atoms with Crippen LogP contribution >= 0.6 is 11.3 Å². The van der Waals surface area contributed by atoms with Gasteiger partial charge in [-0.25, -0.2) is 5.43 Å². The highest BCUT2D eigenvalue weighted by Gasteiger charge is 2.16. The Kier molecular flexibility index (Phi) is 3.39. The Bertz CT molecular complexity index is 665. The molecule has 1 amide bonds. The van der Waals surface area contributed by atoms with Gasteiger partial charge in [0.15, 0.2) is 11.5 Å². The predicted molar refractivity (Wildman–Crippen MR) is 76.6 cm³/mol. The number of amides is 1. The molecule has 20 heavy (non-hydrogen) atoms. The third-order valence-electron chi connectivity index (χ3n) is 2.84. The van der Waals surface area contributed by atoms with Gasteiger partial charge >= 0.3 is 0 Å². The van der Waals surface area contributed by atoms with Gasteiger partial charge < -0.3 is 9.47 Å². The molecule has 0 saturated carbocycles. The fourth-order valence-electron chi connectivity index (χ4n) is 1.78. The zero-order valence-electron chi connectivity index (χ0n) is 10.8. The van der Waals surface area contributed by atoms with Gasteiger partial charge in [0.2, 0.25) is 6.79 Å². The summed E-state index contributed by atoms with van der Waals surface area (Å²) in [6, 6.07) is 8.94. The molecule has 0 saturated heterocycles. The van der Waals surface area contributed by atoms with Crippen molar-refractivity contribution in [2.24, 2.45) is 5.10 Å². The first-order chi connectivity index (χ1) is 9.74. The Morgan fingerprint density at radius 1 is 1.30 bits per heavy atom. The third kappa shape index (κ3) is 2.50. The molecule has 1 aromatic heterocycles. The second-order valence-corrected chi connectivity index (χ2v) is 5.13. The normalized spacial score (nSPS) is 13.3. The molecule has 0 atom stereocenters. The molecule has 1 aromatic carbocycles. The monoisotopic (exact) mass is 288 g/mol. The fraction of sp³-hybridized carbons (Fsp3) is 0.143. The van der Waals surface area contributed by atoms with Crippen LogP contribution < -0.4 is 14.9 Å². The first-order valence-corrected chi connectivity index (χ1v) is 6.90. The first kappa shape index (κ1) is 12.7. The maximum atomic E-state index is 12.0. The van der Waals surface area contributed by atoms with Crippen LogP contribution in [0.3, 0.4) is 0 Å². The standard InChI is InChI=1S/C14H12N2O3S/c1-9(13-3-2-6-20-13)15-16-14(17)10-4-5-11-12(7-10)19-8-18-11/h2-7H,8H2,1H3,(H,16,17). The molecule has 1 aliphatic rings. The molecule has 0 unspecified atom stereocenters. The van der Waals surface area contributed by atoms with Gasteiger partial charge in [0.05, 0.1) is 5.71 Å². The van der Waals surface area contributed by atoms with Crippen molar-refractivity contribution in [1.29, 1.82) is 0 Å². The summed E-state index contributed by atoms with van der Waals surface area (Å²) in [7, 11) is 0. The minimum Gasteiger partial charge on any atom is -0.454 e. The molecule has 3 rings (SSSR count). The molecule has 1 aliphatic heterocycles. The third-order valence-corrected chi connectivity index (χ3v) is 3.82. The van der Waals surface area contributed by atoms with E-state index < -0.39 is 0 Å². The number of carbonyl (C=O) groups is 1. The van der Waals surface area contributed by atoms with Crippen molar-refractivity contribution in [3.63, 3.8) is 0 Å². The Morgan fingerprint density at radius 3 is 2.95 bits per heavy atom. The van der Waals surface area contributed by atoms with Gasteiger partial charge in [0, 0.05) is 10.4 Å². The highest BCUT2D eigenvalue weighted by molar-refractivity contribution is 7.12. The summed E-state index contributed by atoms with van der Waals surface area (Å²) in [4.78, 5) is 13.0. The van der Waals surface area contributed by atoms with Gasteiger partial charge in [-0.3, -0.25) is 4.79 Å². The molecule has 6 heteroatoms. The number of nitrogens with zero attached hydrogens (tertiary/aromatic N) is 1. The summed E-state index contributed by atoms with van der Waals surface area (Å²) in [5.41, 5.74) is 3.79. The van der Waals surface area contributed by atoms with Gasteiger partial charge in [0.1, 0.15) is 0 Å². The number of nitrogens with one attached hydrogen (secondary N) is 1. The maximum Gasteiger partial charge on any atom is 0.271 e. The minimum absolute atomic E-state index is 0.191. The van der Waals surface area contributed by atoms with E-state index in [0.717, 1.165) is 10.6 Å². The molecule has 1 N–H and O–H groups in total. The van der Waals surface area contributed by atoms with Crippen molar-refractivity contribution < 1.29 is 14.3 Å². The van der Waals surface area contributed by atoms with E-state index in [2.05, 4.69) is 10.5 Å². The Labute approximate surface area is 119 Å². The van der Waals surface area contributed by atoms with Crippen LogP contribution in [-0.4, -0.2) is 18.4 Å². The summed E-state index contributed by atoms with van der Waals surface area (Å²) < 4.78 is 10.4. The number of hydrogen-bond donors (Lipinski definition) is 1. The highest BCUT2D eigenvalue weighted by Crippen LogP contribution is 2.32. The van der Waals surface area contributed by atoms with Crippen molar-refractivity contribution in [3.8, 4) is 11.5 Å². The molecular weight excluding hydrogens is 276 g/mol. The number of carbonyl (C=O) groups excluding carboxylic acids is 1. The van der Waals surface area contributed by atoms with Crippen LogP contribution in [0, 0.1) is 0 Å². The number of hydrazone groups is 1. The summed E-state index contributed by atoms with van der Waals surface area (Å²) in [5, 5.41) is 6.06. The molecule has 0 fully saturated rings. The average Bonchev–Trinajstić information content (AvgIpc) is 3.13. The molecule has 0 spiro atoms. The lowest BCUT2D eigenvalue weighted by molar-refractivity contribution is 0.0954. The molecule has 0 bridgehead atoms. The number of benzene rings is 1. The van der Waals surface area contributed by atoms with Crippen molar-refractivity contribution in [2.45, 2.75) is 6.92 Å². The number of thiophene rings is 1. The van der Waals surface area contributed by atoms with Gasteiger partial charge in [-0.1, -0.05) is 6.07 Å². The van der Waals surface area contributed by atoms with Gasteiger partial charge in [-0.05, 0) is 36.6 Å². The highest BCUT2D eigenvalue weighted by atomic mass is 32.1. The molecule has 0 radical (unpaired) electrons. The lowest BCUT2D eigenvalue weighted by atomic mass is 10.2. The SMILES string of the molecule is CC(=NNC(=O)c1ccc2c(c1)OCO2)c1cccs1. The summed E-state index contributed by atoms with van der Waals surface area (Å²) >= 11 is 1.58. The van der Waals surface area contributed by atoms with Gasteiger partial charge in [-0.15, -0.1) is 11.3 Å². The number of hydrogen-bond acceptors (Lipinski definition) is 5. The van der Waals surface area contributed by atoms with Crippen LogP contribution in [0.5, 0.6) is 11.5 Å². The lowest BCUT2D eigenvalue weighted by Crippen LogP contribution is -2.19. The number of ether oxygens (including phenoxy) is 2. The van der Waals surface area contributed by atoms with Crippen molar-refractivity contribution in [3.05, 3.63) is 46.2 Å². The van der Waals surface area contributed by atoms with E-state index in [1.54, 1.807) is 29.5 Å². The predicted octanol–water partition coefficient (Wildman–Crippen LogP) is 2.63. The van der Waals surface area contributed by atoms with E-state index in [-0.39, 0.29) is 12.7 Å². The second-order valence-electron chi connectivity index (χ2n) is 4.18. The van der Waals surface area contributed by atoms with Crippen LogP contribution in [0.4, 0.5) is 0 Å². The summed E-state index contributed by atoms with van der Waals surface area (Å²) in [6.07, 6.45) is 0. The van der Waals surface area contributed by atoms with Crippen molar-refractivity contribution in [1.82, 2.24) is 5.43 Å². The van der Waals surface area contributed by atoms with Crippen molar-refractivity contribution in [2.75, 3.05) is 6.79 Å². The lowest BCUT2D eigenvalue weighted by Gasteiger charge is -2.02. The van der Waals surface area contributed by atoms with E-state index in [9.17, 15) is 4.79 Å². The largest absolute Gasteiger partial charge is 0.454 e. The van der Waals surface area contributed by atoms with Crippen molar-refractivity contribution >= 4 is 23.0 Å². The van der Waals surface area contributed by atoms with E-state index in [4.69, 9.17) is 9.47 Å². The molecular formula is C14H12N2O3S. The van der Waals surface area contributed by atoms with Gasteiger partial charge in [0.25, 0.3) is 5.91 Å². The first-order valence-electron chi connectivity index (χ1n) is 6.02. The van der Waals surface area contributed by atoms with Crippen LogP contribution in [0.2, 0.25) is 0 Å². The molecule has 0 aliphatic carbocycles. The van der Waals surface area contributed by atoms with Crippen LogP contribution in [0.25, 0.3) is 0 Å². The topological polar surface area (TPSA) is 59.9 Å². The molecule has 5 nitrogen and oxygen atoms in total. The van der Waals surface area contributed by atoms with E-state index in [1.807, 2.05) is 24.4 Å². The Hall–Kier alpha value is -2.34. The molecule has 102 valence electrons. The molecule has 2 aromatic rings. The molecule has 2 heterocycles. The Morgan fingerprint density at radius 2 is 2.15 bits per heavy atom.